The van der Waals surface area contributed by atoms with E-state index in [0.29, 0.717) is 24.3 Å². The molecule has 0 fully saturated rings. The van der Waals surface area contributed by atoms with Crippen molar-refractivity contribution in [1.29, 1.82) is 0 Å². The van der Waals surface area contributed by atoms with Crippen molar-refractivity contribution < 1.29 is 19.1 Å². The lowest BCUT2D eigenvalue weighted by Gasteiger charge is -2.17. The number of hydrogen-bond acceptors (Lipinski definition) is 4. The molecule has 172 valence electrons. The van der Waals surface area contributed by atoms with Gasteiger partial charge in [0.15, 0.2) is 0 Å². The zero-order valence-corrected chi connectivity index (χ0v) is 20.0. The van der Waals surface area contributed by atoms with Crippen LogP contribution in [0.5, 0.6) is 5.75 Å². The normalized spacial score (nSPS) is 11.9. The Morgan fingerprint density at radius 2 is 1.24 bits per heavy atom. The Balaban J connectivity index is 1.74. The molecule has 0 unspecified atom stereocenters. The van der Waals surface area contributed by atoms with Crippen molar-refractivity contribution in [2.75, 3.05) is 6.61 Å². The van der Waals surface area contributed by atoms with E-state index in [2.05, 4.69) is 12.1 Å². The highest BCUT2D eigenvalue weighted by Gasteiger charge is 2.20. The summed E-state index contributed by atoms with van der Waals surface area (Å²) in [5.41, 5.74) is 0.580. The van der Waals surface area contributed by atoms with Crippen LogP contribution in [0.3, 0.4) is 0 Å². The average Bonchev–Trinajstić information content (AvgIpc) is 2.80. The van der Waals surface area contributed by atoms with Crippen LogP contribution in [0.25, 0.3) is 43.1 Å². The van der Waals surface area contributed by atoms with Gasteiger partial charge in [-0.05, 0) is 62.4 Å². The number of esters is 2. The maximum Gasteiger partial charge on any atom is 0.338 e. The van der Waals surface area contributed by atoms with Crippen LogP contribution in [0.4, 0.5) is 0 Å². The Morgan fingerprint density at radius 1 is 0.676 bits per heavy atom. The fourth-order valence-electron chi connectivity index (χ4n) is 4.77. The molecule has 0 heterocycles. The first-order valence-electron chi connectivity index (χ1n) is 11.8. The largest absolute Gasteiger partial charge is 0.462 e. The van der Waals surface area contributed by atoms with E-state index in [9.17, 15) is 9.59 Å². The summed E-state index contributed by atoms with van der Waals surface area (Å²) in [5.74, 6) is 0.568. The molecule has 0 N–H and O–H groups in total. The van der Waals surface area contributed by atoms with Crippen LogP contribution < -0.4 is 4.74 Å². The Morgan fingerprint density at radius 3 is 1.88 bits per heavy atom. The summed E-state index contributed by atoms with van der Waals surface area (Å²) >= 11 is 0. The van der Waals surface area contributed by atoms with Gasteiger partial charge in [-0.3, -0.25) is 4.79 Å². The van der Waals surface area contributed by atoms with Crippen LogP contribution in [0.1, 0.15) is 44.5 Å². The van der Waals surface area contributed by atoms with E-state index in [4.69, 9.17) is 9.47 Å². The van der Waals surface area contributed by atoms with Crippen molar-refractivity contribution in [2.24, 2.45) is 11.8 Å². The number of hydrogen-bond donors (Lipinski definition) is 0. The molecule has 0 aromatic heterocycles. The molecule has 0 aliphatic carbocycles. The fraction of sp³-hybridized carbons (Fsp3) is 0.267. The summed E-state index contributed by atoms with van der Waals surface area (Å²) in [6.07, 6.45) is 0.376. The first kappa shape index (κ1) is 22.1. The number of fused-ring (bicyclic) bond motifs is 2. The molecule has 0 amide bonds. The second-order valence-electron chi connectivity index (χ2n) is 9.79. The summed E-state index contributed by atoms with van der Waals surface area (Å²) < 4.78 is 11.3. The van der Waals surface area contributed by atoms with E-state index in [0.717, 1.165) is 43.1 Å². The Kier molecular flexibility index (Phi) is 5.60. The molecule has 0 saturated heterocycles. The summed E-state index contributed by atoms with van der Waals surface area (Å²) in [6, 6.07) is 19.9. The van der Waals surface area contributed by atoms with Crippen LogP contribution >= 0.6 is 0 Å². The van der Waals surface area contributed by atoms with Gasteiger partial charge in [-0.2, -0.15) is 0 Å². The molecule has 5 aromatic rings. The first-order valence-corrected chi connectivity index (χ1v) is 11.8. The van der Waals surface area contributed by atoms with Gasteiger partial charge in [0, 0.05) is 17.2 Å². The number of benzene rings is 5. The third-order valence-electron chi connectivity index (χ3n) is 6.19. The fourth-order valence-corrected chi connectivity index (χ4v) is 4.77. The minimum Gasteiger partial charge on any atom is -0.462 e. The SMILES string of the molecule is CC(C)COC(=O)c1ccc2c3cccc4c(OC(=O)CC(C)C)ccc(c5cccc1c52)c43. The topological polar surface area (TPSA) is 52.6 Å². The van der Waals surface area contributed by atoms with E-state index in [1.807, 2.05) is 76.2 Å². The summed E-state index contributed by atoms with van der Waals surface area (Å²) in [5, 5.41) is 8.18. The zero-order chi connectivity index (χ0) is 24.0. The molecule has 0 bridgehead atoms. The molecular weight excluding hydrogens is 424 g/mol. The molecule has 4 heteroatoms. The van der Waals surface area contributed by atoms with Crippen LogP contribution in [-0.2, 0) is 9.53 Å². The van der Waals surface area contributed by atoms with Gasteiger partial charge in [-0.15, -0.1) is 0 Å². The van der Waals surface area contributed by atoms with Crippen LogP contribution in [0, 0.1) is 11.8 Å². The lowest BCUT2D eigenvalue weighted by atomic mass is 9.88. The highest BCUT2D eigenvalue weighted by molar-refractivity contribution is 6.34. The standard InChI is InChI=1S/C30H28O4/c1-17(2)15-27(31)34-26-14-13-23-19-7-5-9-21-24(30(32)33-16-18(3)4)12-11-22(28(19)21)20-8-6-10-25(26)29(20)23/h5-14,17-18H,15-16H2,1-4H3. The summed E-state index contributed by atoms with van der Waals surface area (Å²) in [7, 11) is 0. The van der Waals surface area contributed by atoms with Crippen molar-refractivity contribution in [3.05, 3.63) is 66.2 Å². The van der Waals surface area contributed by atoms with Gasteiger partial charge in [0.1, 0.15) is 5.75 Å². The first-order chi connectivity index (χ1) is 16.3. The second kappa shape index (κ2) is 8.60. The van der Waals surface area contributed by atoms with E-state index in [1.165, 1.54) is 0 Å². The second-order valence-corrected chi connectivity index (χ2v) is 9.79. The van der Waals surface area contributed by atoms with Crippen molar-refractivity contribution >= 4 is 55.0 Å². The molecule has 34 heavy (non-hydrogen) atoms. The highest BCUT2D eigenvalue weighted by atomic mass is 16.5. The van der Waals surface area contributed by atoms with E-state index >= 15 is 0 Å². The highest BCUT2D eigenvalue weighted by Crippen LogP contribution is 2.43. The van der Waals surface area contributed by atoms with Crippen molar-refractivity contribution in [3.8, 4) is 5.75 Å². The maximum absolute atomic E-state index is 12.9. The molecule has 0 radical (unpaired) electrons. The predicted octanol–water partition coefficient (Wildman–Crippen LogP) is 7.50. The van der Waals surface area contributed by atoms with Crippen molar-refractivity contribution in [2.45, 2.75) is 34.1 Å². The van der Waals surface area contributed by atoms with Gasteiger partial charge in [0.25, 0.3) is 0 Å². The van der Waals surface area contributed by atoms with Crippen molar-refractivity contribution in [3.63, 3.8) is 0 Å². The Bertz CT molecular complexity index is 1520. The van der Waals surface area contributed by atoms with Gasteiger partial charge >= 0.3 is 11.9 Å². The number of rotatable bonds is 6. The third-order valence-corrected chi connectivity index (χ3v) is 6.19. The Hall–Kier alpha value is -3.66. The molecule has 0 saturated carbocycles. The minimum atomic E-state index is -0.297. The minimum absolute atomic E-state index is 0.224. The van der Waals surface area contributed by atoms with Gasteiger partial charge in [0.05, 0.1) is 12.2 Å². The Labute approximate surface area is 198 Å². The summed E-state index contributed by atoms with van der Waals surface area (Å²) in [6.45, 7) is 8.45. The lowest BCUT2D eigenvalue weighted by molar-refractivity contribution is -0.135. The average molecular weight is 453 g/mol. The van der Waals surface area contributed by atoms with Gasteiger partial charge < -0.3 is 9.47 Å². The van der Waals surface area contributed by atoms with E-state index in [1.54, 1.807) is 0 Å². The number of carbonyl (C=O) groups is 2. The molecule has 0 aliphatic rings. The zero-order valence-electron chi connectivity index (χ0n) is 20.0. The quantitative estimate of drug-likeness (QED) is 0.116. The number of ether oxygens (including phenoxy) is 2. The van der Waals surface area contributed by atoms with E-state index in [-0.39, 0.29) is 23.8 Å². The van der Waals surface area contributed by atoms with Crippen LogP contribution in [0.15, 0.2) is 60.7 Å². The van der Waals surface area contributed by atoms with Gasteiger partial charge in [0.2, 0.25) is 0 Å². The van der Waals surface area contributed by atoms with E-state index < -0.39 is 0 Å². The molecule has 5 rings (SSSR count). The van der Waals surface area contributed by atoms with Crippen LogP contribution in [-0.4, -0.2) is 18.5 Å². The predicted molar refractivity (Wildman–Crippen MR) is 138 cm³/mol. The van der Waals surface area contributed by atoms with Crippen LogP contribution in [0.2, 0.25) is 0 Å². The monoisotopic (exact) mass is 452 g/mol. The molecule has 0 aliphatic heterocycles. The molecule has 4 nitrogen and oxygen atoms in total. The lowest BCUT2D eigenvalue weighted by Crippen LogP contribution is -2.11. The van der Waals surface area contributed by atoms with Gasteiger partial charge in [-0.25, -0.2) is 4.79 Å². The maximum atomic E-state index is 12.9. The summed E-state index contributed by atoms with van der Waals surface area (Å²) in [4.78, 5) is 25.3. The van der Waals surface area contributed by atoms with Crippen molar-refractivity contribution in [1.82, 2.24) is 0 Å². The molecular formula is C30H28O4. The van der Waals surface area contributed by atoms with Gasteiger partial charge in [-0.1, -0.05) is 70.2 Å². The third kappa shape index (κ3) is 3.73. The number of carbonyl (C=O) groups excluding carboxylic acids is 2. The molecule has 5 aromatic carbocycles. The smallest absolute Gasteiger partial charge is 0.338 e. The molecule has 0 atom stereocenters. The molecule has 0 spiro atoms.